The van der Waals surface area contributed by atoms with Crippen molar-refractivity contribution in [2.24, 2.45) is 0 Å². The van der Waals surface area contributed by atoms with Gasteiger partial charge in [-0.15, -0.1) is 12.0 Å². The van der Waals surface area contributed by atoms with Crippen LogP contribution < -0.4 is 0 Å². The Hall–Kier alpha value is -1.95. The minimum atomic E-state index is -2.97. The van der Waals surface area contributed by atoms with Crippen LogP contribution in [0.5, 0.6) is 0 Å². The Morgan fingerprint density at radius 2 is 1.96 bits per heavy atom. The van der Waals surface area contributed by atoms with Gasteiger partial charge in [-0.05, 0) is 25.9 Å². The SMILES string of the molecule is COC(=O)C1=[C-]C[C@@H]2CC[C@H]1N2C.O=[C]=[Re](=[C]=O)=[C]=O.[C-]1=CC=CC1. The molecule has 0 aromatic rings. The molecular formula is C18H19NO5Re-2. The third-order valence-electron chi connectivity index (χ3n) is 3.92. The van der Waals surface area contributed by atoms with Gasteiger partial charge in [-0.2, -0.15) is 6.08 Å². The van der Waals surface area contributed by atoms with E-state index in [1.54, 1.807) is 0 Å². The molecule has 2 atom stereocenters. The van der Waals surface area contributed by atoms with E-state index in [-0.39, 0.29) is 12.0 Å². The van der Waals surface area contributed by atoms with Crippen molar-refractivity contribution in [1.29, 1.82) is 0 Å². The van der Waals surface area contributed by atoms with Gasteiger partial charge in [-0.25, -0.2) is 12.2 Å². The molecule has 2 bridgehead atoms. The first-order chi connectivity index (χ1) is 12.1. The number of carbonyl (C=O) groups is 1. The second kappa shape index (κ2) is 11.6. The van der Waals surface area contributed by atoms with Gasteiger partial charge in [0.2, 0.25) is 0 Å². The minimum absolute atomic E-state index is 0.211. The standard InChI is InChI=1S/C10H14NO2.C5H5.3CO.Re/c1-11-7-3-5-8(10(12)13-2)9(11)6-4-7;1-2-4-5-3-1;3*1-2;/h7,9H,3-4,6H2,1-2H3;1-3H,4H2;;;;/q2*-1;;;;/t7-,9-;;;;;/m1...../s1. The van der Waals surface area contributed by atoms with Crippen LogP contribution in [0.15, 0.2) is 23.8 Å². The summed E-state index contributed by atoms with van der Waals surface area (Å²) in [5.41, 5.74) is 0.735. The van der Waals surface area contributed by atoms with Gasteiger partial charge in [-0.1, -0.05) is 6.42 Å². The molecule has 3 aliphatic rings. The van der Waals surface area contributed by atoms with Crippen LogP contribution in [-0.4, -0.2) is 50.2 Å². The smallest absolute Gasteiger partial charge is 0.109 e. The molecule has 135 valence electrons. The number of nitrogens with zero attached hydrogens (tertiary/aromatic N) is 1. The van der Waals surface area contributed by atoms with Crippen molar-refractivity contribution in [2.45, 2.75) is 37.8 Å². The van der Waals surface area contributed by atoms with Crippen molar-refractivity contribution in [2.75, 3.05) is 14.2 Å². The molecule has 0 N–H and O–H groups in total. The number of esters is 1. The van der Waals surface area contributed by atoms with E-state index in [4.69, 9.17) is 4.74 Å². The van der Waals surface area contributed by atoms with Crippen molar-refractivity contribution >= 4 is 19.0 Å². The molecular weight excluding hydrogens is 496 g/mol. The van der Waals surface area contributed by atoms with E-state index < -0.39 is 15.4 Å². The Labute approximate surface area is 151 Å². The molecule has 2 aliphatic heterocycles. The summed E-state index contributed by atoms with van der Waals surface area (Å²) in [5.74, 6) is -0.211. The van der Waals surface area contributed by atoms with E-state index >= 15 is 0 Å². The number of fused-ring (bicyclic) bond motifs is 2. The Kier molecular flexibility index (Phi) is 9.77. The fraction of sp³-hybridized carbons (Fsp3) is 0.444. The van der Waals surface area contributed by atoms with Crippen LogP contribution in [0.1, 0.15) is 25.7 Å². The van der Waals surface area contributed by atoms with E-state index in [9.17, 15) is 19.2 Å². The molecule has 7 heteroatoms. The van der Waals surface area contributed by atoms with Crippen LogP contribution in [0.3, 0.4) is 0 Å². The topological polar surface area (TPSA) is 80.8 Å². The molecule has 6 nitrogen and oxygen atoms in total. The monoisotopic (exact) mass is 516 g/mol. The van der Waals surface area contributed by atoms with E-state index in [0.29, 0.717) is 6.04 Å². The zero-order chi connectivity index (χ0) is 18.7. The summed E-state index contributed by atoms with van der Waals surface area (Å²) < 4.78 is 8.59. The normalized spacial score (nSPS) is 22.1. The fourth-order valence-electron chi connectivity index (χ4n) is 2.66. The van der Waals surface area contributed by atoms with Crippen LogP contribution in [-0.2, 0) is 39.3 Å². The molecule has 0 aromatic heterocycles. The molecule has 0 aromatic carbocycles. The third-order valence-corrected chi connectivity index (χ3v) is 5.59. The number of carbonyl (C=O) groups excluding carboxylic acids is 4. The first-order valence-electron chi connectivity index (χ1n) is 7.54. The van der Waals surface area contributed by atoms with Gasteiger partial charge >= 0.3 is 42.8 Å². The van der Waals surface area contributed by atoms with Crippen molar-refractivity contribution in [1.82, 2.24) is 4.90 Å². The second-order valence-electron chi connectivity index (χ2n) is 5.22. The van der Waals surface area contributed by atoms with E-state index in [0.717, 1.165) is 24.8 Å². The van der Waals surface area contributed by atoms with Crippen LogP contribution in [0.4, 0.5) is 0 Å². The third kappa shape index (κ3) is 6.46. The van der Waals surface area contributed by atoms with E-state index in [1.807, 2.05) is 12.2 Å². The number of rotatable bonds is 1. The Morgan fingerprint density at radius 1 is 1.28 bits per heavy atom. The van der Waals surface area contributed by atoms with Gasteiger partial charge in [0.25, 0.3) is 0 Å². The molecule has 1 aliphatic carbocycles. The Balaban J connectivity index is 0.000000219. The van der Waals surface area contributed by atoms with Gasteiger partial charge < -0.3 is 14.4 Å². The maximum atomic E-state index is 11.4. The van der Waals surface area contributed by atoms with Gasteiger partial charge in [0.15, 0.2) is 5.97 Å². The molecule has 1 saturated heterocycles. The van der Waals surface area contributed by atoms with E-state index in [1.165, 1.54) is 26.6 Å². The number of methoxy groups -OCH3 is 1. The maximum absolute atomic E-state index is 11.4. The summed E-state index contributed by atoms with van der Waals surface area (Å²) in [6, 6.07) is 0.851. The predicted octanol–water partition coefficient (Wildman–Crippen LogP) is 0.867. The van der Waals surface area contributed by atoms with Crippen LogP contribution >= 0.6 is 0 Å². The van der Waals surface area contributed by atoms with Crippen LogP contribution in [0, 0.1) is 12.2 Å². The quantitative estimate of drug-likeness (QED) is 0.381. The van der Waals surface area contributed by atoms with Gasteiger partial charge in [0, 0.05) is 6.04 Å². The molecule has 0 radical (unpaired) electrons. The van der Waals surface area contributed by atoms with Crippen molar-refractivity contribution in [3.8, 4) is 0 Å². The largest absolute Gasteiger partial charge is 0.273 e. The summed E-state index contributed by atoms with van der Waals surface area (Å²) in [6.07, 6.45) is 16.3. The van der Waals surface area contributed by atoms with Crippen LogP contribution in [0.2, 0.25) is 0 Å². The Bertz CT molecular complexity index is 734. The Morgan fingerprint density at radius 3 is 2.36 bits per heavy atom. The molecule has 1 fully saturated rings. The van der Waals surface area contributed by atoms with Gasteiger partial charge in [0.05, 0.1) is 7.11 Å². The average Bonchev–Trinajstić information content (AvgIpc) is 3.28. The molecule has 25 heavy (non-hydrogen) atoms. The van der Waals surface area contributed by atoms with Crippen molar-refractivity contribution in [3.63, 3.8) is 0 Å². The minimum Gasteiger partial charge on any atom is -0.273 e. The summed E-state index contributed by atoms with van der Waals surface area (Å²) >= 11 is -2.97. The molecule has 3 rings (SSSR count). The van der Waals surface area contributed by atoms with Gasteiger partial charge in [0.1, 0.15) is 0 Å². The number of hydrogen-bond donors (Lipinski definition) is 0. The number of allylic oxidation sites excluding steroid dienone is 4. The number of ether oxygens (including phenoxy) is 1. The summed E-state index contributed by atoms with van der Waals surface area (Å²) in [7, 11) is 3.50. The second-order valence-corrected chi connectivity index (χ2v) is 8.92. The maximum Gasteiger partial charge on any atom is -0.109 e. The average molecular weight is 516 g/mol. The van der Waals surface area contributed by atoms with Gasteiger partial charge in [-0.3, -0.25) is 12.2 Å². The first-order valence-corrected chi connectivity index (χ1v) is 11.6. The molecule has 0 amide bonds. The molecule has 0 spiro atoms. The zero-order valence-corrected chi connectivity index (χ0v) is 16.8. The zero-order valence-electron chi connectivity index (χ0n) is 14.1. The van der Waals surface area contributed by atoms with Crippen LogP contribution in [0.25, 0.3) is 0 Å². The number of likely N-dealkylation sites (N-methyl/N-ethyl adjacent to an activating group) is 1. The number of hydrogen-bond acceptors (Lipinski definition) is 6. The summed E-state index contributed by atoms with van der Waals surface area (Å²) in [5, 5.41) is 0. The predicted molar refractivity (Wildman–Crippen MR) is 86.6 cm³/mol. The molecule has 2 heterocycles. The first kappa shape index (κ1) is 21.1. The van der Waals surface area contributed by atoms with Crippen molar-refractivity contribution in [3.05, 3.63) is 36.0 Å². The summed E-state index contributed by atoms with van der Waals surface area (Å²) in [6.45, 7) is 0. The molecule has 0 saturated carbocycles. The van der Waals surface area contributed by atoms with Crippen molar-refractivity contribution < 1.29 is 39.3 Å². The fourth-order valence-corrected chi connectivity index (χ4v) is 3.00. The summed E-state index contributed by atoms with van der Waals surface area (Å²) in [4.78, 5) is 41.8. The molecule has 0 unspecified atom stereocenters. The van der Waals surface area contributed by atoms with E-state index in [2.05, 4.69) is 30.2 Å².